The van der Waals surface area contributed by atoms with Crippen LogP contribution in [0.3, 0.4) is 0 Å². The summed E-state index contributed by atoms with van der Waals surface area (Å²) in [6.07, 6.45) is -1.89. The van der Waals surface area contributed by atoms with Crippen LogP contribution in [0.5, 0.6) is 0 Å². The maximum absolute atomic E-state index is 13.5. The van der Waals surface area contributed by atoms with Gasteiger partial charge < -0.3 is 14.7 Å². The van der Waals surface area contributed by atoms with Gasteiger partial charge in [-0.05, 0) is 43.9 Å². The van der Waals surface area contributed by atoms with Gasteiger partial charge in [-0.3, -0.25) is 4.79 Å². The SMILES string of the molecule is Cc1cc(-c2ccccc2C(=O)N2C[C@H]3C[C@@H](Nc4ccc(C(F)(F)F)cn4)[C@@H]2C3)no1. The molecular weight excluding hydrogens is 421 g/mol. The molecule has 1 saturated heterocycles. The van der Waals surface area contributed by atoms with Crippen molar-refractivity contribution < 1.29 is 22.5 Å². The molecule has 3 aromatic rings. The molecule has 0 spiro atoms. The van der Waals surface area contributed by atoms with Gasteiger partial charge in [0.05, 0.1) is 11.6 Å². The van der Waals surface area contributed by atoms with Crippen molar-refractivity contribution in [2.45, 2.75) is 38.0 Å². The van der Waals surface area contributed by atoms with Gasteiger partial charge in [0.2, 0.25) is 0 Å². The number of benzene rings is 1. The third-order valence-electron chi connectivity index (χ3n) is 6.23. The maximum atomic E-state index is 13.5. The first kappa shape index (κ1) is 20.5. The van der Waals surface area contributed by atoms with E-state index in [0.717, 1.165) is 25.1 Å². The molecule has 3 atom stereocenters. The second-order valence-electron chi connectivity index (χ2n) is 8.41. The molecule has 3 heterocycles. The predicted octanol–water partition coefficient (Wildman–Crippen LogP) is 4.78. The molecule has 2 aromatic heterocycles. The molecule has 9 heteroatoms. The highest BCUT2D eigenvalue weighted by molar-refractivity contribution is 6.01. The summed E-state index contributed by atoms with van der Waals surface area (Å²) < 4.78 is 43.5. The number of fused-ring (bicyclic) bond motifs is 2. The number of rotatable bonds is 4. The Labute approximate surface area is 182 Å². The van der Waals surface area contributed by atoms with E-state index in [1.165, 1.54) is 6.07 Å². The molecule has 0 unspecified atom stereocenters. The van der Waals surface area contributed by atoms with Crippen molar-refractivity contribution in [3.8, 4) is 11.3 Å². The van der Waals surface area contributed by atoms with Crippen molar-refractivity contribution in [3.63, 3.8) is 0 Å². The Balaban J connectivity index is 1.35. The highest BCUT2D eigenvalue weighted by atomic mass is 19.4. The third kappa shape index (κ3) is 3.72. The molecular formula is C23H21F3N4O2. The molecule has 1 aliphatic carbocycles. The zero-order valence-electron chi connectivity index (χ0n) is 17.3. The number of aryl methyl sites for hydroxylation is 1. The van der Waals surface area contributed by atoms with Crippen LogP contribution in [0.25, 0.3) is 11.3 Å². The topological polar surface area (TPSA) is 71.3 Å². The second kappa shape index (κ2) is 7.65. The third-order valence-corrected chi connectivity index (χ3v) is 6.23. The number of alkyl halides is 3. The summed E-state index contributed by atoms with van der Waals surface area (Å²) in [6, 6.07) is 11.3. The van der Waals surface area contributed by atoms with Crippen molar-refractivity contribution in [1.29, 1.82) is 0 Å². The first-order valence-electron chi connectivity index (χ1n) is 10.4. The van der Waals surface area contributed by atoms with Crippen LogP contribution in [0.4, 0.5) is 19.0 Å². The lowest BCUT2D eigenvalue weighted by Crippen LogP contribution is -2.47. The molecule has 1 saturated carbocycles. The highest BCUT2D eigenvalue weighted by Gasteiger charge is 2.47. The van der Waals surface area contributed by atoms with Gasteiger partial charge in [0.25, 0.3) is 5.91 Å². The van der Waals surface area contributed by atoms with Crippen LogP contribution >= 0.6 is 0 Å². The summed E-state index contributed by atoms with van der Waals surface area (Å²) in [5, 5.41) is 7.29. The van der Waals surface area contributed by atoms with Gasteiger partial charge in [-0.2, -0.15) is 13.2 Å². The highest BCUT2D eigenvalue weighted by Crippen LogP contribution is 2.40. The van der Waals surface area contributed by atoms with Gasteiger partial charge >= 0.3 is 6.18 Å². The largest absolute Gasteiger partial charge is 0.417 e. The number of pyridine rings is 1. The molecule has 0 radical (unpaired) electrons. The lowest BCUT2D eigenvalue weighted by atomic mass is 10.0. The second-order valence-corrected chi connectivity index (χ2v) is 8.41. The van der Waals surface area contributed by atoms with Crippen LogP contribution in [0.15, 0.2) is 53.2 Å². The quantitative estimate of drug-likeness (QED) is 0.630. The normalized spacial score (nSPS) is 22.4. The molecule has 1 aromatic carbocycles. The number of aromatic nitrogens is 2. The van der Waals surface area contributed by atoms with Gasteiger partial charge in [0.1, 0.15) is 17.3 Å². The monoisotopic (exact) mass is 442 g/mol. The van der Waals surface area contributed by atoms with E-state index in [1.807, 2.05) is 23.1 Å². The number of halogens is 3. The van der Waals surface area contributed by atoms with E-state index in [0.29, 0.717) is 40.9 Å². The molecule has 6 nitrogen and oxygen atoms in total. The first-order valence-corrected chi connectivity index (χ1v) is 10.4. The molecule has 1 amide bonds. The smallest absolute Gasteiger partial charge is 0.365 e. The van der Waals surface area contributed by atoms with Crippen molar-refractivity contribution in [1.82, 2.24) is 15.0 Å². The molecule has 2 fully saturated rings. The van der Waals surface area contributed by atoms with E-state index in [4.69, 9.17) is 4.52 Å². The van der Waals surface area contributed by atoms with E-state index < -0.39 is 11.7 Å². The molecule has 2 aliphatic rings. The number of hydrogen-bond acceptors (Lipinski definition) is 5. The summed E-state index contributed by atoms with van der Waals surface area (Å²) >= 11 is 0. The fraction of sp³-hybridized carbons (Fsp3) is 0.348. The summed E-state index contributed by atoms with van der Waals surface area (Å²) in [4.78, 5) is 19.3. The zero-order chi connectivity index (χ0) is 22.5. The van der Waals surface area contributed by atoms with Gasteiger partial charge in [-0.25, -0.2) is 4.98 Å². The summed E-state index contributed by atoms with van der Waals surface area (Å²) in [5.74, 6) is 1.30. The van der Waals surface area contributed by atoms with Crippen LogP contribution in [0.1, 0.15) is 34.5 Å². The average molecular weight is 442 g/mol. The van der Waals surface area contributed by atoms with Crippen molar-refractivity contribution in [2.75, 3.05) is 11.9 Å². The number of likely N-dealkylation sites (tertiary alicyclic amines) is 1. The van der Waals surface area contributed by atoms with Crippen molar-refractivity contribution in [3.05, 3.63) is 65.5 Å². The molecule has 5 rings (SSSR count). The Morgan fingerprint density at radius 1 is 1.19 bits per heavy atom. The lowest BCUT2D eigenvalue weighted by Gasteiger charge is -2.34. The number of nitrogens with zero attached hydrogens (tertiary/aromatic N) is 3. The molecule has 32 heavy (non-hydrogen) atoms. The Kier molecular flexibility index (Phi) is 4.91. The van der Waals surface area contributed by atoms with Crippen LogP contribution in [0, 0.1) is 12.8 Å². The fourth-order valence-corrected chi connectivity index (χ4v) is 4.79. The van der Waals surface area contributed by atoms with Crippen LogP contribution in [-0.4, -0.2) is 39.6 Å². The van der Waals surface area contributed by atoms with Crippen LogP contribution in [0.2, 0.25) is 0 Å². The summed E-state index contributed by atoms with van der Waals surface area (Å²) in [7, 11) is 0. The van der Waals surface area contributed by atoms with Crippen molar-refractivity contribution in [2.24, 2.45) is 5.92 Å². The lowest BCUT2D eigenvalue weighted by molar-refractivity contribution is -0.137. The van der Waals surface area contributed by atoms with Crippen molar-refractivity contribution >= 4 is 11.7 Å². The fourth-order valence-electron chi connectivity index (χ4n) is 4.79. The first-order chi connectivity index (χ1) is 15.3. The minimum atomic E-state index is -4.42. The molecule has 2 bridgehead atoms. The minimum absolute atomic E-state index is 0.0521. The number of nitrogens with one attached hydrogen (secondary N) is 1. The van der Waals surface area contributed by atoms with Gasteiger partial charge in [0, 0.05) is 36.0 Å². The van der Waals surface area contributed by atoms with E-state index in [9.17, 15) is 18.0 Å². The van der Waals surface area contributed by atoms with E-state index in [-0.39, 0.29) is 18.0 Å². The van der Waals surface area contributed by atoms with Crippen LogP contribution < -0.4 is 5.32 Å². The molecule has 1 N–H and O–H groups in total. The minimum Gasteiger partial charge on any atom is -0.365 e. The molecule has 166 valence electrons. The van der Waals surface area contributed by atoms with Gasteiger partial charge in [-0.15, -0.1) is 0 Å². The maximum Gasteiger partial charge on any atom is 0.417 e. The van der Waals surface area contributed by atoms with E-state index >= 15 is 0 Å². The summed E-state index contributed by atoms with van der Waals surface area (Å²) in [5.41, 5.74) is 1.10. The Bertz CT molecular complexity index is 1140. The summed E-state index contributed by atoms with van der Waals surface area (Å²) in [6.45, 7) is 2.46. The Morgan fingerprint density at radius 2 is 2.00 bits per heavy atom. The van der Waals surface area contributed by atoms with Gasteiger partial charge in [0.15, 0.2) is 0 Å². The molecule has 1 aliphatic heterocycles. The number of hydrogen-bond donors (Lipinski definition) is 1. The number of piperidine rings is 1. The standard InChI is InChI=1S/C23H21F3N4O2/c1-13-8-18(29-32-13)16-4-2-3-5-17(16)22(31)30-12-14-9-19(20(30)10-14)28-21-7-6-15(11-27-21)23(24,25)26/h2-8,11,14,19-20H,9-10,12H2,1H3,(H,27,28)/t14-,19+,20-/m0/s1. The number of carbonyl (C=O) groups is 1. The zero-order valence-corrected chi connectivity index (χ0v) is 17.3. The van der Waals surface area contributed by atoms with E-state index in [2.05, 4.69) is 15.5 Å². The Morgan fingerprint density at radius 3 is 2.66 bits per heavy atom. The van der Waals surface area contributed by atoms with Gasteiger partial charge in [-0.1, -0.05) is 23.4 Å². The Hall–Kier alpha value is -3.36. The van der Waals surface area contributed by atoms with Crippen LogP contribution in [-0.2, 0) is 6.18 Å². The number of anilines is 1. The van der Waals surface area contributed by atoms with E-state index in [1.54, 1.807) is 19.1 Å². The predicted molar refractivity (Wildman–Crippen MR) is 111 cm³/mol. The average Bonchev–Trinajstić information content (AvgIpc) is 3.49. The number of carbonyl (C=O) groups excluding carboxylic acids is 1. The number of amides is 1.